The maximum atomic E-state index is 11.5. The van der Waals surface area contributed by atoms with Crippen LogP contribution in [0.25, 0.3) is 11.5 Å². The van der Waals surface area contributed by atoms with Crippen LogP contribution < -0.4 is 4.90 Å². The first-order valence-corrected chi connectivity index (χ1v) is 7.83. The smallest absolute Gasteiger partial charge is 0.326 e. The monoisotopic (exact) mass is 313 g/mol. The fourth-order valence-corrected chi connectivity index (χ4v) is 2.80. The lowest BCUT2D eigenvalue weighted by molar-refractivity contribution is -0.139. The largest absolute Gasteiger partial charge is 0.480 e. The summed E-state index contributed by atoms with van der Waals surface area (Å²) in [6, 6.07) is 1.35. The maximum Gasteiger partial charge on any atom is 0.326 e. The van der Waals surface area contributed by atoms with Crippen LogP contribution in [0, 0.1) is 0 Å². The summed E-state index contributed by atoms with van der Waals surface area (Å²) in [5.41, 5.74) is 1.46. The van der Waals surface area contributed by atoms with Gasteiger partial charge in [0.1, 0.15) is 17.6 Å². The Labute approximate surface area is 134 Å². The van der Waals surface area contributed by atoms with Gasteiger partial charge in [-0.3, -0.25) is 4.98 Å². The summed E-state index contributed by atoms with van der Waals surface area (Å²) in [6.45, 7) is 2.70. The predicted octanol–water partition coefficient (Wildman–Crippen LogP) is 1.94. The molecule has 2 aromatic rings. The standard InChI is InChI=1S/C16H19N5O2/c1-2-11-9-14(21-8-4-3-5-13(21)16(22)23)20-15(19-11)12-10-17-6-7-18-12/h6-7,9-10,13H,2-5,8H2,1H3,(H,22,23). The molecule has 3 heterocycles. The highest BCUT2D eigenvalue weighted by Crippen LogP contribution is 2.26. The quantitative estimate of drug-likeness (QED) is 0.922. The van der Waals surface area contributed by atoms with Crippen molar-refractivity contribution in [2.45, 2.75) is 38.6 Å². The fourth-order valence-electron chi connectivity index (χ4n) is 2.80. The molecule has 0 radical (unpaired) electrons. The van der Waals surface area contributed by atoms with Crippen molar-refractivity contribution in [3.63, 3.8) is 0 Å². The number of rotatable bonds is 4. The molecule has 1 aliphatic rings. The average Bonchev–Trinajstić information content (AvgIpc) is 2.62. The third kappa shape index (κ3) is 3.28. The molecule has 1 N–H and O–H groups in total. The van der Waals surface area contributed by atoms with Crippen molar-refractivity contribution in [2.75, 3.05) is 11.4 Å². The Bertz CT molecular complexity index is 692. The Morgan fingerprint density at radius 3 is 2.91 bits per heavy atom. The molecule has 3 rings (SSSR count). The normalized spacial score (nSPS) is 18.0. The second-order valence-electron chi connectivity index (χ2n) is 5.53. The molecule has 0 aliphatic carbocycles. The molecule has 1 atom stereocenters. The molecule has 120 valence electrons. The van der Waals surface area contributed by atoms with E-state index in [2.05, 4.69) is 19.9 Å². The van der Waals surface area contributed by atoms with E-state index < -0.39 is 12.0 Å². The number of piperidine rings is 1. The van der Waals surface area contributed by atoms with E-state index >= 15 is 0 Å². The van der Waals surface area contributed by atoms with Crippen molar-refractivity contribution < 1.29 is 9.90 Å². The summed E-state index contributed by atoms with van der Waals surface area (Å²) in [7, 11) is 0. The van der Waals surface area contributed by atoms with Gasteiger partial charge in [-0.2, -0.15) is 0 Å². The van der Waals surface area contributed by atoms with E-state index in [1.807, 2.05) is 17.9 Å². The van der Waals surface area contributed by atoms with Crippen molar-refractivity contribution in [3.05, 3.63) is 30.4 Å². The minimum Gasteiger partial charge on any atom is -0.480 e. The second kappa shape index (κ2) is 6.68. The Kier molecular flexibility index (Phi) is 4.45. The SMILES string of the molecule is CCc1cc(N2CCCCC2C(=O)O)nc(-c2cnccn2)n1. The average molecular weight is 313 g/mol. The van der Waals surface area contributed by atoms with Crippen LogP contribution in [0.15, 0.2) is 24.7 Å². The van der Waals surface area contributed by atoms with Crippen molar-refractivity contribution in [2.24, 2.45) is 0 Å². The van der Waals surface area contributed by atoms with E-state index in [-0.39, 0.29) is 0 Å². The zero-order valence-electron chi connectivity index (χ0n) is 13.0. The van der Waals surface area contributed by atoms with E-state index in [4.69, 9.17) is 0 Å². The van der Waals surface area contributed by atoms with E-state index in [0.717, 1.165) is 25.0 Å². The lowest BCUT2D eigenvalue weighted by Gasteiger charge is -2.34. The van der Waals surface area contributed by atoms with Gasteiger partial charge in [-0.05, 0) is 25.7 Å². The molecule has 0 spiro atoms. The lowest BCUT2D eigenvalue weighted by Crippen LogP contribution is -2.45. The van der Waals surface area contributed by atoms with Crippen LogP contribution in [0.3, 0.4) is 0 Å². The van der Waals surface area contributed by atoms with Crippen LogP contribution in [-0.4, -0.2) is 43.6 Å². The van der Waals surface area contributed by atoms with Crippen LogP contribution >= 0.6 is 0 Å². The minimum atomic E-state index is -0.803. The van der Waals surface area contributed by atoms with Crippen molar-refractivity contribution in [3.8, 4) is 11.5 Å². The number of aryl methyl sites for hydroxylation is 1. The highest BCUT2D eigenvalue weighted by atomic mass is 16.4. The predicted molar refractivity (Wildman–Crippen MR) is 85.1 cm³/mol. The minimum absolute atomic E-state index is 0.488. The van der Waals surface area contributed by atoms with Crippen LogP contribution in [-0.2, 0) is 11.2 Å². The van der Waals surface area contributed by atoms with Gasteiger partial charge in [0.15, 0.2) is 5.82 Å². The number of carboxylic acids is 1. The van der Waals surface area contributed by atoms with Crippen molar-refractivity contribution >= 4 is 11.8 Å². The first kappa shape index (κ1) is 15.3. The highest BCUT2D eigenvalue weighted by molar-refractivity contribution is 5.78. The van der Waals surface area contributed by atoms with Gasteiger partial charge in [0.05, 0.1) is 6.20 Å². The molecule has 0 amide bonds. The number of carbonyl (C=O) groups is 1. The third-order valence-corrected chi connectivity index (χ3v) is 4.00. The number of nitrogens with zero attached hydrogens (tertiary/aromatic N) is 5. The van der Waals surface area contributed by atoms with Gasteiger partial charge >= 0.3 is 5.97 Å². The summed E-state index contributed by atoms with van der Waals surface area (Å²) < 4.78 is 0. The number of aliphatic carboxylic acids is 1. The first-order chi connectivity index (χ1) is 11.2. The molecule has 1 unspecified atom stereocenters. The van der Waals surface area contributed by atoms with Crippen LogP contribution in [0.1, 0.15) is 31.9 Å². The van der Waals surface area contributed by atoms with Gasteiger partial charge in [0, 0.05) is 30.7 Å². The summed E-state index contributed by atoms with van der Waals surface area (Å²) in [6.07, 6.45) is 8.09. The molecule has 7 nitrogen and oxygen atoms in total. The van der Waals surface area contributed by atoms with E-state index in [9.17, 15) is 9.90 Å². The molecule has 23 heavy (non-hydrogen) atoms. The Hall–Kier alpha value is -2.57. The fraction of sp³-hybridized carbons (Fsp3) is 0.438. The van der Waals surface area contributed by atoms with Crippen LogP contribution in [0.4, 0.5) is 5.82 Å². The zero-order chi connectivity index (χ0) is 16.2. The topological polar surface area (TPSA) is 92.1 Å². The summed E-state index contributed by atoms with van der Waals surface area (Å²) in [5, 5.41) is 9.48. The van der Waals surface area contributed by atoms with E-state index in [1.54, 1.807) is 18.6 Å². The number of carboxylic acid groups (broad SMARTS) is 1. The Balaban J connectivity index is 2.03. The van der Waals surface area contributed by atoms with Gasteiger partial charge in [0.25, 0.3) is 0 Å². The van der Waals surface area contributed by atoms with Gasteiger partial charge < -0.3 is 10.0 Å². The van der Waals surface area contributed by atoms with Crippen LogP contribution in [0.5, 0.6) is 0 Å². The van der Waals surface area contributed by atoms with Gasteiger partial charge in [-0.1, -0.05) is 6.92 Å². The molecule has 1 saturated heterocycles. The number of hydrogen-bond donors (Lipinski definition) is 1. The second-order valence-corrected chi connectivity index (χ2v) is 5.53. The molecule has 7 heteroatoms. The molecular weight excluding hydrogens is 294 g/mol. The van der Waals surface area contributed by atoms with E-state index in [1.165, 1.54) is 0 Å². The number of aromatic nitrogens is 4. The molecular formula is C16H19N5O2. The molecule has 1 aliphatic heterocycles. The summed E-state index contributed by atoms with van der Waals surface area (Å²) in [4.78, 5) is 30.8. The van der Waals surface area contributed by atoms with Crippen molar-refractivity contribution in [1.29, 1.82) is 0 Å². The molecule has 0 bridgehead atoms. The highest BCUT2D eigenvalue weighted by Gasteiger charge is 2.30. The molecule has 2 aromatic heterocycles. The maximum absolute atomic E-state index is 11.5. The number of hydrogen-bond acceptors (Lipinski definition) is 6. The summed E-state index contributed by atoms with van der Waals surface area (Å²) in [5.74, 6) is 0.342. The molecule has 0 saturated carbocycles. The lowest BCUT2D eigenvalue weighted by atomic mass is 10.0. The molecule has 0 aromatic carbocycles. The van der Waals surface area contributed by atoms with E-state index in [0.29, 0.717) is 30.3 Å². The molecule has 1 fully saturated rings. The van der Waals surface area contributed by atoms with Gasteiger partial charge in [-0.25, -0.2) is 19.7 Å². The van der Waals surface area contributed by atoms with Crippen molar-refractivity contribution in [1.82, 2.24) is 19.9 Å². The Morgan fingerprint density at radius 2 is 2.22 bits per heavy atom. The number of anilines is 1. The summed E-state index contributed by atoms with van der Waals surface area (Å²) >= 11 is 0. The van der Waals surface area contributed by atoms with Gasteiger partial charge in [0.2, 0.25) is 0 Å². The zero-order valence-corrected chi connectivity index (χ0v) is 13.0. The Morgan fingerprint density at radius 1 is 1.35 bits per heavy atom. The first-order valence-electron chi connectivity index (χ1n) is 7.83. The third-order valence-electron chi connectivity index (χ3n) is 4.00. The van der Waals surface area contributed by atoms with Crippen LogP contribution in [0.2, 0.25) is 0 Å². The van der Waals surface area contributed by atoms with Gasteiger partial charge in [-0.15, -0.1) is 0 Å².